The number of fused-ring (bicyclic) bond motifs is 1. The summed E-state index contributed by atoms with van der Waals surface area (Å²) >= 11 is 2.03. The molecule has 1 aromatic heterocycles. The van der Waals surface area contributed by atoms with E-state index in [0.29, 0.717) is 0 Å². The number of rotatable bonds is 1. The number of anilines is 1. The van der Waals surface area contributed by atoms with Gasteiger partial charge in [-0.05, 0) is 0 Å². The van der Waals surface area contributed by atoms with Crippen LogP contribution in [0.1, 0.15) is 11.3 Å². The van der Waals surface area contributed by atoms with Crippen LogP contribution in [0.25, 0.3) is 0 Å². The van der Waals surface area contributed by atoms with Gasteiger partial charge in [0.15, 0.2) is 0 Å². The maximum atomic E-state index is 4.44. The molecule has 80 valence electrons. The lowest BCUT2D eigenvalue weighted by atomic mass is 10.2. The molecule has 1 aromatic rings. The molecule has 3 heterocycles. The quantitative estimate of drug-likeness (QED) is 0.755. The van der Waals surface area contributed by atoms with Crippen LogP contribution in [0.3, 0.4) is 0 Å². The molecule has 0 aliphatic carbocycles. The van der Waals surface area contributed by atoms with Gasteiger partial charge >= 0.3 is 0 Å². The fourth-order valence-electron chi connectivity index (χ4n) is 2.13. The van der Waals surface area contributed by atoms with Crippen LogP contribution in [-0.2, 0) is 13.1 Å². The Morgan fingerprint density at radius 2 is 2.07 bits per heavy atom. The average molecular weight is 222 g/mol. The van der Waals surface area contributed by atoms with Gasteiger partial charge in [0.25, 0.3) is 0 Å². The molecular formula is C10H14N4S. The number of hydrogen-bond donors (Lipinski definition) is 1. The molecule has 15 heavy (non-hydrogen) atoms. The third kappa shape index (κ3) is 1.70. The van der Waals surface area contributed by atoms with Crippen LogP contribution >= 0.6 is 11.8 Å². The Labute approximate surface area is 93.5 Å². The molecule has 0 unspecified atom stereocenters. The molecule has 3 rings (SSSR count). The lowest BCUT2D eigenvalue weighted by Gasteiger charge is -2.28. The van der Waals surface area contributed by atoms with Crippen molar-refractivity contribution in [3.8, 4) is 0 Å². The zero-order valence-electron chi connectivity index (χ0n) is 8.57. The normalized spacial score (nSPS) is 20.4. The van der Waals surface area contributed by atoms with E-state index >= 15 is 0 Å². The number of hydrogen-bond acceptors (Lipinski definition) is 5. The van der Waals surface area contributed by atoms with Gasteiger partial charge in [-0.2, -0.15) is 11.8 Å². The average Bonchev–Trinajstić information content (AvgIpc) is 2.78. The lowest BCUT2D eigenvalue weighted by Crippen LogP contribution is -2.34. The third-order valence-corrected chi connectivity index (χ3v) is 3.86. The molecular weight excluding hydrogens is 208 g/mol. The van der Waals surface area contributed by atoms with Crippen LogP contribution in [-0.4, -0.2) is 34.6 Å². The number of aromatic nitrogens is 2. The highest BCUT2D eigenvalue weighted by atomic mass is 32.2. The molecule has 2 aliphatic heterocycles. The number of nitrogens with zero attached hydrogens (tertiary/aromatic N) is 3. The standard InChI is InChI=1S/C10H14N4S/c1-3-15-4-2-14(1)10-8-5-11-6-9(8)12-7-13-10/h7,11H,1-6H2. The van der Waals surface area contributed by atoms with Crippen molar-refractivity contribution >= 4 is 17.6 Å². The predicted octanol–water partition coefficient (Wildman–Crippen LogP) is 0.633. The second kappa shape index (κ2) is 3.98. The van der Waals surface area contributed by atoms with Crippen LogP contribution in [0.5, 0.6) is 0 Å². The topological polar surface area (TPSA) is 41.1 Å². The van der Waals surface area contributed by atoms with Crippen molar-refractivity contribution in [1.29, 1.82) is 0 Å². The highest BCUT2D eigenvalue weighted by Gasteiger charge is 2.21. The highest BCUT2D eigenvalue weighted by Crippen LogP contribution is 2.25. The monoisotopic (exact) mass is 222 g/mol. The summed E-state index contributed by atoms with van der Waals surface area (Å²) in [6.07, 6.45) is 1.70. The van der Waals surface area contributed by atoms with Crippen LogP contribution in [0.15, 0.2) is 6.33 Å². The molecule has 5 heteroatoms. The summed E-state index contributed by atoms with van der Waals surface area (Å²) in [5.74, 6) is 3.59. The van der Waals surface area contributed by atoms with E-state index < -0.39 is 0 Å². The molecule has 0 spiro atoms. The molecule has 1 N–H and O–H groups in total. The summed E-state index contributed by atoms with van der Waals surface area (Å²) in [6, 6.07) is 0. The van der Waals surface area contributed by atoms with Crippen molar-refractivity contribution in [3.05, 3.63) is 17.6 Å². The van der Waals surface area contributed by atoms with Crippen molar-refractivity contribution < 1.29 is 0 Å². The van der Waals surface area contributed by atoms with Crippen molar-refractivity contribution in [2.24, 2.45) is 0 Å². The van der Waals surface area contributed by atoms with Crippen molar-refractivity contribution in [2.75, 3.05) is 29.5 Å². The minimum Gasteiger partial charge on any atom is -0.355 e. The largest absolute Gasteiger partial charge is 0.355 e. The zero-order chi connectivity index (χ0) is 10.1. The summed E-state index contributed by atoms with van der Waals surface area (Å²) in [7, 11) is 0. The molecule has 0 amide bonds. The highest BCUT2D eigenvalue weighted by molar-refractivity contribution is 7.99. The van der Waals surface area contributed by atoms with E-state index in [1.807, 2.05) is 11.8 Å². The van der Waals surface area contributed by atoms with E-state index in [9.17, 15) is 0 Å². The van der Waals surface area contributed by atoms with E-state index in [1.54, 1.807) is 6.33 Å². The van der Waals surface area contributed by atoms with Crippen LogP contribution in [0.4, 0.5) is 5.82 Å². The van der Waals surface area contributed by atoms with E-state index in [2.05, 4.69) is 20.2 Å². The predicted molar refractivity (Wildman–Crippen MR) is 62.1 cm³/mol. The van der Waals surface area contributed by atoms with Gasteiger partial charge in [0, 0.05) is 43.2 Å². The van der Waals surface area contributed by atoms with Crippen molar-refractivity contribution in [2.45, 2.75) is 13.1 Å². The Hall–Kier alpha value is -0.810. The Balaban J connectivity index is 1.93. The molecule has 0 aromatic carbocycles. The Morgan fingerprint density at radius 1 is 1.20 bits per heavy atom. The molecule has 1 fully saturated rings. The first-order valence-electron chi connectivity index (χ1n) is 5.31. The zero-order valence-corrected chi connectivity index (χ0v) is 9.39. The molecule has 0 atom stereocenters. The van der Waals surface area contributed by atoms with E-state index in [0.717, 1.165) is 32.0 Å². The minimum absolute atomic E-state index is 0.896. The van der Waals surface area contributed by atoms with Crippen molar-refractivity contribution in [3.63, 3.8) is 0 Å². The molecule has 1 saturated heterocycles. The fourth-order valence-corrected chi connectivity index (χ4v) is 3.03. The van der Waals surface area contributed by atoms with E-state index in [1.165, 1.54) is 22.8 Å². The first kappa shape index (κ1) is 9.42. The second-order valence-electron chi connectivity index (χ2n) is 3.83. The number of thioether (sulfide) groups is 1. The van der Waals surface area contributed by atoms with Gasteiger partial charge in [0.05, 0.1) is 5.69 Å². The summed E-state index contributed by atoms with van der Waals surface area (Å²) < 4.78 is 0. The minimum atomic E-state index is 0.896. The van der Waals surface area contributed by atoms with Crippen LogP contribution in [0, 0.1) is 0 Å². The first-order valence-corrected chi connectivity index (χ1v) is 6.47. The van der Waals surface area contributed by atoms with Crippen LogP contribution in [0.2, 0.25) is 0 Å². The summed E-state index contributed by atoms with van der Waals surface area (Å²) in [6.45, 7) is 4.06. The molecule has 0 saturated carbocycles. The van der Waals surface area contributed by atoms with Gasteiger partial charge in [0.2, 0.25) is 0 Å². The van der Waals surface area contributed by atoms with Gasteiger partial charge in [0.1, 0.15) is 12.1 Å². The number of nitrogens with one attached hydrogen (secondary N) is 1. The van der Waals surface area contributed by atoms with E-state index in [4.69, 9.17) is 0 Å². The molecule has 4 nitrogen and oxygen atoms in total. The summed E-state index contributed by atoms with van der Waals surface area (Å²) in [4.78, 5) is 11.1. The third-order valence-electron chi connectivity index (χ3n) is 2.92. The van der Waals surface area contributed by atoms with Crippen LogP contribution < -0.4 is 10.2 Å². The summed E-state index contributed by atoms with van der Waals surface area (Å²) in [5.41, 5.74) is 2.49. The smallest absolute Gasteiger partial charge is 0.136 e. The SMILES string of the molecule is c1nc2c(c(N3CCSCC3)n1)CNC2. The van der Waals surface area contributed by atoms with E-state index in [-0.39, 0.29) is 0 Å². The van der Waals surface area contributed by atoms with Gasteiger partial charge in [-0.1, -0.05) is 0 Å². The lowest BCUT2D eigenvalue weighted by molar-refractivity contribution is 0.754. The van der Waals surface area contributed by atoms with Gasteiger partial charge in [-0.15, -0.1) is 0 Å². The summed E-state index contributed by atoms with van der Waals surface area (Å²) in [5, 5.41) is 3.33. The molecule has 0 radical (unpaired) electrons. The molecule has 0 bridgehead atoms. The Bertz CT molecular complexity index is 362. The fraction of sp³-hybridized carbons (Fsp3) is 0.600. The second-order valence-corrected chi connectivity index (χ2v) is 5.05. The Kier molecular flexibility index (Phi) is 2.50. The first-order chi connectivity index (χ1) is 7.45. The van der Waals surface area contributed by atoms with Gasteiger partial charge in [-0.25, -0.2) is 9.97 Å². The van der Waals surface area contributed by atoms with Crippen molar-refractivity contribution in [1.82, 2.24) is 15.3 Å². The Morgan fingerprint density at radius 3 is 2.93 bits per heavy atom. The maximum Gasteiger partial charge on any atom is 0.136 e. The van der Waals surface area contributed by atoms with Gasteiger partial charge < -0.3 is 10.2 Å². The van der Waals surface area contributed by atoms with Gasteiger partial charge in [-0.3, -0.25) is 0 Å². The molecule has 2 aliphatic rings. The maximum absolute atomic E-state index is 4.44.